The standard InChI is InChI=1S/C9H9IN2O3/c1-13-7-5(4-11)6(10)8(14-2)12-9(7)15-3/h1-3H3. The van der Waals surface area contributed by atoms with Crippen molar-refractivity contribution in [3.8, 4) is 23.6 Å². The van der Waals surface area contributed by atoms with Gasteiger partial charge in [0.05, 0.1) is 24.9 Å². The summed E-state index contributed by atoms with van der Waals surface area (Å²) in [6.45, 7) is 0. The van der Waals surface area contributed by atoms with Gasteiger partial charge >= 0.3 is 0 Å². The van der Waals surface area contributed by atoms with Crippen molar-refractivity contribution in [2.45, 2.75) is 0 Å². The molecule has 1 rings (SSSR count). The van der Waals surface area contributed by atoms with Gasteiger partial charge in [-0.3, -0.25) is 0 Å². The predicted octanol–water partition coefficient (Wildman–Crippen LogP) is 1.58. The van der Waals surface area contributed by atoms with Gasteiger partial charge in [0.15, 0.2) is 0 Å². The SMILES string of the molecule is COc1nc(OC)c(OC)c(C#N)c1I. The van der Waals surface area contributed by atoms with Crippen molar-refractivity contribution in [3.63, 3.8) is 0 Å². The van der Waals surface area contributed by atoms with Gasteiger partial charge in [0.25, 0.3) is 5.88 Å². The summed E-state index contributed by atoms with van der Waals surface area (Å²) < 4.78 is 15.7. The molecule has 0 saturated heterocycles. The van der Waals surface area contributed by atoms with E-state index in [0.29, 0.717) is 20.8 Å². The van der Waals surface area contributed by atoms with Crippen molar-refractivity contribution >= 4 is 22.6 Å². The monoisotopic (exact) mass is 320 g/mol. The van der Waals surface area contributed by atoms with Crippen LogP contribution in [-0.4, -0.2) is 26.3 Å². The first-order valence-corrected chi connectivity index (χ1v) is 5.03. The van der Waals surface area contributed by atoms with E-state index in [9.17, 15) is 0 Å². The Morgan fingerprint density at radius 2 is 1.73 bits per heavy atom. The van der Waals surface area contributed by atoms with Gasteiger partial charge in [0.1, 0.15) is 11.6 Å². The Balaban J connectivity index is 3.52. The number of hydrogen-bond acceptors (Lipinski definition) is 5. The van der Waals surface area contributed by atoms with E-state index in [1.54, 1.807) is 0 Å². The molecule has 0 spiro atoms. The second-order valence-corrected chi connectivity index (χ2v) is 3.54. The van der Waals surface area contributed by atoms with Crippen molar-refractivity contribution in [2.75, 3.05) is 21.3 Å². The van der Waals surface area contributed by atoms with Crippen LogP contribution in [0.25, 0.3) is 0 Å². The number of nitriles is 1. The maximum absolute atomic E-state index is 9.00. The number of pyridine rings is 1. The van der Waals surface area contributed by atoms with Gasteiger partial charge in [0, 0.05) is 0 Å². The highest BCUT2D eigenvalue weighted by Crippen LogP contribution is 2.36. The Morgan fingerprint density at radius 1 is 1.13 bits per heavy atom. The minimum atomic E-state index is 0.242. The average Bonchev–Trinajstić information content (AvgIpc) is 2.28. The summed E-state index contributed by atoms with van der Waals surface area (Å²) in [4.78, 5) is 4.06. The molecule has 0 atom stereocenters. The Labute approximate surface area is 101 Å². The molecule has 0 unspecified atom stereocenters. The summed E-state index contributed by atoms with van der Waals surface area (Å²) in [6.07, 6.45) is 0. The number of ether oxygens (including phenoxy) is 3. The van der Waals surface area contributed by atoms with Crippen LogP contribution in [0.1, 0.15) is 5.56 Å². The van der Waals surface area contributed by atoms with E-state index in [2.05, 4.69) is 4.98 Å². The molecule has 0 N–H and O–H groups in total. The molecular weight excluding hydrogens is 311 g/mol. The summed E-state index contributed by atoms with van der Waals surface area (Å²) in [5.74, 6) is 0.918. The van der Waals surface area contributed by atoms with Crippen LogP contribution in [-0.2, 0) is 0 Å². The van der Waals surface area contributed by atoms with Crippen LogP contribution in [0, 0.1) is 14.9 Å². The molecule has 6 heteroatoms. The van der Waals surface area contributed by atoms with E-state index < -0.39 is 0 Å². The first-order chi connectivity index (χ1) is 7.19. The fraction of sp³-hybridized carbons (Fsp3) is 0.333. The summed E-state index contributed by atoms with van der Waals surface area (Å²) in [6, 6.07) is 2.03. The van der Waals surface area contributed by atoms with Gasteiger partial charge < -0.3 is 14.2 Å². The molecule has 80 valence electrons. The topological polar surface area (TPSA) is 64.4 Å². The van der Waals surface area contributed by atoms with Crippen LogP contribution in [0.4, 0.5) is 0 Å². The highest BCUT2D eigenvalue weighted by atomic mass is 127. The first-order valence-electron chi connectivity index (χ1n) is 3.95. The van der Waals surface area contributed by atoms with E-state index >= 15 is 0 Å². The van der Waals surface area contributed by atoms with Crippen molar-refractivity contribution in [3.05, 3.63) is 9.13 Å². The quantitative estimate of drug-likeness (QED) is 0.791. The molecule has 1 aromatic rings. The van der Waals surface area contributed by atoms with Crippen molar-refractivity contribution in [1.82, 2.24) is 4.98 Å². The lowest BCUT2D eigenvalue weighted by molar-refractivity contribution is 0.326. The van der Waals surface area contributed by atoms with Crippen LogP contribution in [0.15, 0.2) is 0 Å². The van der Waals surface area contributed by atoms with Gasteiger partial charge in [-0.15, -0.1) is 0 Å². The van der Waals surface area contributed by atoms with Crippen LogP contribution < -0.4 is 14.2 Å². The van der Waals surface area contributed by atoms with E-state index in [-0.39, 0.29) is 5.88 Å². The molecule has 0 radical (unpaired) electrons. The fourth-order valence-corrected chi connectivity index (χ4v) is 1.77. The van der Waals surface area contributed by atoms with Crippen molar-refractivity contribution in [2.24, 2.45) is 0 Å². The van der Waals surface area contributed by atoms with E-state index in [0.717, 1.165) is 0 Å². The van der Waals surface area contributed by atoms with E-state index in [1.165, 1.54) is 21.3 Å². The van der Waals surface area contributed by atoms with Crippen molar-refractivity contribution < 1.29 is 14.2 Å². The second kappa shape index (κ2) is 5.02. The van der Waals surface area contributed by atoms with Gasteiger partial charge in [-0.1, -0.05) is 0 Å². The maximum atomic E-state index is 9.00. The highest BCUT2D eigenvalue weighted by molar-refractivity contribution is 14.1. The number of rotatable bonds is 3. The minimum Gasteiger partial charge on any atom is -0.490 e. The smallest absolute Gasteiger partial charge is 0.261 e. The molecular formula is C9H9IN2O3. The fourth-order valence-electron chi connectivity index (χ4n) is 1.07. The predicted molar refractivity (Wildman–Crippen MR) is 61.3 cm³/mol. The zero-order chi connectivity index (χ0) is 11.4. The molecule has 5 nitrogen and oxygen atoms in total. The lowest BCUT2D eigenvalue weighted by atomic mass is 10.2. The summed E-state index contributed by atoms with van der Waals surface area (Å²) in [5, 5.41) is 9.00. The molecule has 15 heavy (non-hydrogen) atoms. The lowest BCUT2D eigenvalue weighted by Crippen LogP contribution is -2.02. The average molecular weight is 320 g/mol. The normalized spacial score (nSPS) is 9.27. The van der Waals surface area contributed by atoms with Gasteiger partial charge in [0.2, 0.25) is 11.6 Å². The molecule has 1 heterocycles. The molecule has 0 aliphatic rings. The molecule has 0 aliphatic heterocycles. The molecule has 0 amide bonds. The molecule has 0 aliphatic carbocycles. The summed E-state index contributed by atoms with van der Waals surface area (Å²) in [7, 11) is 4.40. The molecule has 0 aromatic carbocycles. The van der Waals surface area contributed by atoms with E-state index in [1.807, 2.05) is 28.7 Å². The third-order valence-electron chi connectivity index (χ3n) is 1.73. The van der Waals surface area contributed by atoms with Gasteiger partial charge in [-0.25, -0.2) is 0 Å². The van der Waals surface area contributed by atoms with Gasteiger partial charge in [-0.2, -0.15) is 10.2 Å². The Morgan fingerprint density at radius 3 is 2.13 bits per heavy atom. The zero-order valence-electron chi connectivity index (χ0n) is 8.50. The largest absolute Gasteiger partial charge is 0.490 e. The third kappa shape index (κ3) is 2.07. The highest BCUT2D eigenvalue weighted by Gasteiger charge is 2.19. The number of nitrogens with zero attached hydrogens (tertiary/aromatic N) is 2. The number of hydrogen-bond donors (Lipinski definition) is 0. The van der Waals surface area contributed by atoms with E-state index in [4.69, 9.17) is 19.5 Å². The van der Waals surface area contributed by atoms with Crippen LogP contribution in [0.3, 0.4) is 0 Å². The zero-order valence-corrected chi connectivity index (χ0v) is 10.7. The van der Waals surface area contributed by atoms with Crippen LogP contribution >= 0.6 is 22.6 Å². The number of aromatic nitrogens is 1. The third-order valence-corrected chi connectivity index (χ3v) is 2.74. The Kier molecular flexibility index (Phi) is 3.96. The van der Waals surface area contributed by atoms with Gasteiger partial charge in [-0.05, 0) is 22.6 Å². The number of halogens is 1. The summed E-state index contributed by atoms with van der Waals surface area (Å²) >= 11 is 1.98. The Bertz CT molecular complexity index is 415. The van der Waals surface area contributed by atoms with Crippen LogP contribution in [0.2, 0.25) is 0 Å². The molecule has 0 fully saturated rings. The first kappa shape index (κ1) is 11.8. The molecule has 0 saturated carbocycles. The minimum absolute atomic E-state index is 0.242. The van der Waals surface area contributed by atoms with Crippen molar-refractivity contribution in [1.29, 1.82) is 5.26 Å². The molecule has 0 bridgehead atoms. The molecule has 1 aromatic heterocycles. The summed E-state index contributed by atoms with van der Waals surface area (Å²) in [5.41, 5.74) is 0.363. The Hall–Kier alpha value is -1.23. The lowest BCUT2D eigenvalue weighted by Gasteiger charge is -2.11. The van der Waals surface area contributed by atoms with Crippen LogP contribution in [0.5, 0.6) is 17.5 Å². The maximum Gasteiger partial charge on any atom is 0.261 e. The number of methoxy groups -OCH3 is 3. The second-order valence-electron chi connectivity index (χ2n) is 2.46.